The van der Waals surface area contributed by atoms with Gasteiger partial charge in [0.1, 0.15) is 5.82 Å². The van der Waals surface area contributed by atoms with Crippen molar-refractivity contribution in [1.82, 2.24) is 5.32 Å². The first-order valence-corrected chi connectivity index (χ1v) is 5.65. The first-order chi connectivity index (χ1) is 7.50. The Morgan fingerprint density at radius 3 is 2.56 bits per heavy atom. The van der Waals surface area contributed by atoms with Crippen LogP contribution in [-0.4, -0.2) is 18.2 Å². The van der Waals surface area contributed by atoms with Gasteiger partial charge in [-0.15, -0.1) is 0 Å². The summed E-state index contributed by atoms with van der Waals surface area (Å²) in [6, 6.07) is 4.85. The molecule has 0 aromatic heterocycles. The van der Waals surface area contributed by atoms with E-state index in [0.29, 0.717) is 23.6 Å². The van der Waals surface area contributed by atoms with Crippen molar-refractivity contribution in [2.24, 2.45) is 5.92 Å². The molecule has 1 rings (SSSR count). The van der Waals surface area contributed by atoms with Crippen LogP contribution in [0.25, 0.3) is 0 Å². The fourth-order valence-electron chi connectivity index (χ4n) is 1.44. The lowest BCUT2D eigenvalue weighted by molar-refractivity contribution is 0.173. The molecule has 0 radical (unpaired) electrons. The zero-order valence-corrected chi connectivity index (χ0v) is 10.1. The predicted octanol–water partition coefficient (Wildman–Crippen LogP) is 2.41. The van der Waals surface area contributed by atoms with Crippen LogP contribution in [0, 0.1) is 18.7 Å². The molecule has 1 atom stereocenters. The molecule has 0 aliphatic carbocycles. The van der Waals surface area contributed by atoms with E-state index in [4.69, 9.17) is 0 Å². The monoisotopic (exact) mass is 225 g/mol. The summed E-state index contributed by atoms with van der Waals surface area (Å²) in [5, 5.41) is 13.0. The van der Waals surface area contributed by atoms with Crippen molar-refractivity contribution in [3.05, 3.63) is 35.1 Å². The van der Waals surface area contributed by atoms with Crippen LogP contribution in [0.4, 0.5) is 4.39 Å². The lowest BCUT2D eigenvalue weighted by Gasteiger charge is -2.14. The minimum absolute atomic E-state index is 0.264. The van der Waals surface area contributed by atoms with Gasteiger partial charge in [0.25, 0.3) is 0 Å². The molecule has 2 N–H and O–H groups in total. The van der Waals surface area contributed by atoms with E-state index >= 15 is 0 Å². The third-order valence-electron chi connectivity index (χ3n) is 2.47. The largest absolute Gasteiger partial charge is 0.387 e. The molecule has 0 heterocycles. The summed E-state index contributed by atoms with van der Waals surface area (Å²) in [6.07, 6.45) is -0.645. The van der Waals surface area contributed by atoms with E-state index in [-0.39, 0.29) is 5.82 Å². The zero-order chi connectivity index (χ0) is 12.1. The van der Waals surface area contributed by atoms with Gasteiger partial charge in [-0.3, -0.25) is 0 Å². The van der Waals surface area contributed by atoms with E-state index in [1.165, 1.54) is 6.07 Å². The Hall–Kier alpha value is -0.930. The maximum Gasteiger partial charge on any atom is 0.126 e. The molecule has 1 unspecified atom stereocenters. The Morgan fingerprint density at radius 2 is 2.00 bits per heavy atom. The zero-order valence-electron chi connectivity index (χ0n) is 10.1. The summed E-state index contributed by atoms with van der Waals surface area (Å²) >= 11 is 0. The Balaban J connectivity index is 2.52. The van der Waals surface area contributed by atoms with Gasteiger partial charge < -0.3 is 10.4 Å². The van der Waals surface area contributed by atoms with E-state index < -0.39 is 6.10 Å². The molecule has 0 aliphatic rings. The smallest absolute Gasteiger partial charge is 0.126 e. The topological polar surface area (TPSA) is 32.3 Å². The van der Waals surface area contributed by atoms with Gasteiger partial charge in [-0.05, 0) is 36.6 Å². The molecule has 90 valence electrons. The van der Waals surface area contributed by atoms with Crippen molar-refractivity contribution in [2.45, 2.75) is 26.9 Å². The Bertz CT molecular complexity index is 339. The summed E-state index contributed by atoms with van der Waals surface area (Å²) in [5.74, 6) is 0.280. The molecule has 0 aliphatic heterocycles. The quantitative estimate of drug-likeness (QED) is 0.806. The maximum absolute atomic E-state index is 13.3. The molecule has 0 saturated carbocycles. The van der Waals surface area contributed by atoms with Crippen molar-refractivity contribution in [3.8, 4) is 0 Å². The van der Waals surface area contributed by atoms with Crippen LogP contribution >= 0.6 is 0 Å². The van der Waals surface area contributed by atoms with E-state index in [1.54, 1.807) is 19.1 Å². The molecule has 1 aromatic rings. The lowest BCUT2D eigenvalue weighted by atomic mass is 10.1. The molecule has 0 fully saturated rings. The van der Waals surface area contributed by atoms with Crippen molar-refractivity contribution in [3.63, 3.8) is 0 Å². The molecule has 0 amide bonds. The molecular formula is C13H20FNO. The van der Waals surface area contributed by atoms with Crippen molar-refractivity contribution >= 4 is 0 Å². The number of hydrogen-bond donors (Lipinski definition) is 2. The van der Waals surface area contributed by atoms with Gasteiger partial charge in [0.2, 0.25) is 0 Å². The van der Waals surface area contributed by atoms with Crippen LogP contribution in [0.2, 0.25) is 0 Å². The first kappa shape index (κ1) is 13.1. The van der Waals surface area contributed by atoms with Gasteiger partial charge in [0, 0.05) is 6.54 Å². The molecule has 1 aromatic carbocycles. The predicted molar refractivity (Wildman–Crippen MR) is 63.8 cm³/mol. The van der Waals surface area contributed by atoms with Crippen LogP contribution in [0.3, 0.4) is 0 Å². The van der Waals surface area contributed by atoms with Crippen molar-refractivity contribution in [2.75, 3.05) is 13.1 Å². The maximum atomic E-state index is 13.3. The first-order valence-electron chi connectivity index (χ1n) is 5.65. The number of rotatable bonds is 5. The summed E-state index contributed by atoms with van der Waals surface area (Å²) in [4.78, 5) is 0. The molecule has 2 nitrogen and oxygen atoms in total. The highest BCUT2D eigenvalue weighted by Gasteiger charge is 2.09. The van der Waals surface area contributed by atoms with Gasteiger partial charge >= 0.3 is 0 Å². The minimum Gasteiger partial charge on any atom is -0.387 e. The average Bonchev–Trinajstić information content (AvgIpc) is 2.21. The minimum atomic E-state index is -0.645. The summed E-state index contributed by atoms with van der Waals surface area (Å²) < 4.78 is 13.3. The second-order valence-corrected chi connectivity index (χ2v) is 4.58. The van der Waals surface area contributed by atoms with Crippen LogP contribution in [0.1, 0.15) is 31.1 Å². The SMILES string of the molecule is Cc1ccc(C(O)CNCC(C)C)cc1F. The molecule has 0 saturated heterocycles. The van der Waals surface area contributed by atoms with Crippen molar-refractivity contribution < 1.29 is 9.50 Å². The number of nitrogens with one attached hydrogen (secondary N) is 1. The number of aliphatic hydroxyl groups excluding tert-OH is 1. The van der Waals surface area contributed by atoms with Gasteiger partial charge in [0.05, 0.1) is 6.10 Å². The normalized spacial score (nSPS) is 13.1. The Kier molecular flexibility index (Phi) is 4.90. The average molecular weight is 225 g/mol. The number of halogens is 1. The third kappa shape index (κ3) is 3.91. The van der Waals surface area contributed by atoms with Crippen LogP contribution in [-0.2, 0) is 0 Å². The standard InChI is InChI=1S/C13H20FNO/c1-9(2)7-15-8-13(16)11-5-4-10(3)12(14)6-11/h4-6,9,13,15-16H,7-8H2,1-3H3. The Morgan fingerprint density at radius 1 is 1.31 bits per heavy atom. The fraction of sp³-hybridized carbons (Fsp3) is 0.538. The number of aliphatic hydroxyl groups is 1. The highest BCUT2D eigenvalue weighted by molar-refractivity contribution is 5.25. The van der Waals surface area contributed by atoms with E-state index in [1.807, 2.05) is 0 Å². The highest BCUT2D eigenvalue weighted by atomic mass is 19.1. The van der Waals surface area contributed by atoms with Crippen LogP contribution in [0.15, 0.2) is 18.2 Å². The van der Waals surface area contributed by atoms with Gasteiger partial charge in [-0.1, -0.05) is 26.0 Å². The van der Waals surface area contributed by atoms with Crippen molar-refractivity contribution in [1.29, 1.82) is 0 Å². The second-order valence-electron chi connectivity index (χ2n) is 4.58. The van der Waals surface area contributed by atoms with Gasteiger partial charge in [-0.25, -0.2) is 4.39 Å². The van der Waals surface area contributed by atoms with E-state index in [2.05, 4.69) is 19.2 Å². The number of benzene rings is 1. The van der Waals surface area contributed by atoms with Gasteiger partial charge in [-0.2, -0.15) is 0 Å². The number of hydrogen-bond acceptors (Lipinski definition) is 2. The highest BCUT2D eigenvalue weighted by Crippen LogP contribution is 2.15. The van der Waals surface area contributed by atoms with E-state index in [0.717, 1.165) is 6.54 Å². The molecule has 3 heteroatoms. The third-order valence-corrected chi connectivity index (χ3v) is 2.47. The molecule has 16 heavy (non-hydrogen) atoms. The van der Waals surface area contributed by atoms with Crippen LogP contribution in [0.5, 0.6) is 0 Å². The summed E-state index contributed by atoms with van der Waals surface area (Å²) in [6.45, 7) is 7.23. The number of aryl methyl sites for hydroxylation is 1. The van der Waals surface area contributed by atoms with E-state index in [9.17, 15) is 9.50 Å². The van der Waals surface area contributed by atoms with Gasteiger partial charge in [0.15, 0.2) is 0 Å². The lowest BCUT2D eigenvalue weighted by Crippen LogP contribution is -2.25. The fourth-order valence-corrected chi connectivity index (χ4v) is 1.44. The molecule has 0 bridgehead atoms. The molecule has 0 spiro atoms. The summed E-state index contributed by atoms with van der Waals surface area (Å²) in [7, 11) is 0. The second kappa shape index (κ2) is 5.97. The Labute approximate surface area is 96.5 Å². The summed E-state index contributed by atoms with van der Waals surface area (Å²) in [5.41, 5.74) is 1.23. The van der Waals surface area contributed by atoms with Crippen LogP contribution < -0.4 is 5.32 Å². The molecular weight excluding hydrogens is 205 g/mol.